The van der Waals surface area contributed by atoms with Gasteiger partial charge in [-0.05, 0) is 20.4 Å². The molecule has 4 nitrogen and oxygen atoms in total. The summed E-state index contributed by atoms with van der Waals surface area (Å²) in [5.41, 5.74) is 0. The molecule has 0 amide bonds. The van der Waals surface area contributed by atoms with Crippen LogP contribution in [0.25, 0.3) is 0 Å². The van der Waals surface area contributed by atoms with Crippen LogP contribution in [0.1, 0.15) is 33.1 Å². The van der Waals surface area contributed by atoms with E-state index < -0.39 is 5.97 Å². The fourth-order valence-electron chi connectivity index (χ4n) is 0.328. The van der Waals surface area contributed by atoms with Gasteiger partial charge in [0.05, 0.1) is 0 Å². The first-order valence-electron chi connectivity index (χ1n) is 4.11. The minimum atomic E-state index is -0.693. The number of hydrogen-bond donors (Lipinski definition) is 3. The number of aliphatic carboxylic acids is 1. The van der Waals surface area contributed by atoms with Crippen molar-refractivity contribution >= 4 is 5.97 Å². The zero-order valence-corrected chi connectivity index (χ0v) is 8.00. The molecule has 4 heteroatoms. The average molecular weight is 177 g/mol. The lowest BCUT2D eigenvalue weighted by Gasteiger charge is -1.94. The second-order valence-corrected chi connectivity index (χ2v) is 2.46. The van der Waals surface area contributed by atoms with Gasteiger partial charge in [0.15, 0.2) is 0 Å². The highest BCUT2D eigenvalue weighted by molar-refractivity contribution is 5.66. The van der Waals surface area contributed by atoms with E-state index in [9.17, 15) is 4.79 Å². The van der Waals surface area contributed by atoms with E-state index in [1.807, 2.05) is 6.92 Å². The van der Waals surface area contributed by atoms with Crippen molar-refractivity contribution in [3.8, 4) is 0 Å². The van der Waals surface area contributed by atoms with Crippen LogP contribution in [-0.2, 0) is 4.79 Å². The third-order valence-electron chi connectivity index (χ3n) is 1.16. The van der Waals surface area contributed by atoms with Crippen molar-refractivity contribution in [2.75, 3.05) is 7.05 Å². The maximum atomic E-state index is 9.76. The summed E-state index contributed by atoms with van der Waals surface area (Å²) in [6.07, 6.45) is 1.72. The Kier molecular flexibility index (Phi) is 12.1. The van der Waals surface area contributed by atoms with E-state index in [0.717, 1.165) is 12.8 Å². The molecule has 1 atom stereocenters. The molecule has 0 aromatic rings. The lowest BCUT2D eigenvalue weighted by atomic mass is 10.3. The van der Waals surface area contributed by atoms with Gasteiger partial charge in [0, 0.05) is 6.42 Å². The zero-order chi connectivity index (χ0) is 9.98. The topological polar surface area (TPSA) is 69.6 Å². The number of carbonyl (C=O) groups is 1. The molecule has 0 aliphatic heterocycles. The smallest absolute Gasteiger partial charge is 0.303 e. The Balaban J connectivity index is 0. The SMILES string of the molecule is CCCCC(=O)O.CNC(C)O. The Labute approximate surface area is 73.6 Å². The maximum Gasteiger partial charge on any atom is 0.303 e. The van der Waals surface area contributed by atoms with Crippen LogP contribution < -0.4 is 5.32 Å². The maximum absolute atomic E-state index is 9.76. The summed E-state index contributed by atoms with van der Waals surface area (Å²) in [5.74, 6) is -0.693. The van der Waals surface area contributed by atoms with Gasteiger partial charge in [-0.25, -0.2) is 0 Å². The van der Waals surface area contributed by atoms with Gasteiger partial charge in [0.2, 0.25) is 0 Å². The van der Waals surface area contributed by atoms with Crippen LogP contribution in [0.2, 0.25) is 0 Å². The van der Waals surface area contributed by atoms with Gasteiger partial charge in [0.1, 0.15) is 6.23 Å². The molecule has 1 unspecified atom stereocenters. The third kappa shape index (κ3) is 22.8. The number of aliphatic hydroxyl groups excluding tert-OH is 1. The number of carboxylic acids is 1. The second kappa shape index (κ2) is 10.4. The van der Waals surface area contributed by atoms with Gasteiger partial charge in [-0.3, -0.25) is 10.1 Å². The van der Waals surface area contributed by atoms with Crippen molar-refractivity contribution in [3.05, 3.63) is 0 Å². The lowest BCUT2D eigenvalue weighted by molar-refractivity contribution is -0.137. The number of unbranched alkanes of at least 4 members (excludes halogenated alkanes) is 1. The fourth-order valence-corrected chi connectivity index (χ4v) is 0.328. The standard InChI is InChI=1S/C5H10O2.C3H9NO/c1-2-3-4-5(6)7;1-3(5)4-2/h2-4H2,1H3,(H,6,7);3-5H,1-2H3. The van der Waals surface area contributed by atoms with Crippen LogP contribution in [-0.4, -0.2) is 29.5 Å². The van der Waals surface area contributed by atoms with E-state index in [4.69, 9.17) is 10.2 Å². The molecule has 0 rings (SSSR count). The van der Waals surface area contributed by atoms with E-state index in [2.05, 4.69) is 5.32 Å². The Bertz CT molecular complexity index is 104. The molecule has 74 valence electrons. The first-order chi connectivity index (χ1) is 5.54. The molecule has 0 aromatic carbocycles. The van der Waals surface area contributed by atoms with Gasteiger partial charge in [-0.15, -0.1) is 0 Å². The predicted molar refractivity (Wildman–Crippen MR) is 47.9 cm³/mol. The lowest BCUT2D eigenvalue weighted by Crippen LogP contribution is -2.19. The molecule has 0 saturated carbocycles. The van der Waals surface area contributed by atoms with E-state index in [0.29, 0.717) is 6.42 Å². The summed E-state index contributed by atoms with van der Waals surface area (Å²) in [6.45, 7) is 3.64. The fraction of sp³-hybridized carbons (Fsp3) is 0.875. The molecule has 0 aromatic heterocycles. The predicted octanol–water partition coefficient (Wildman–Crippen LogP) is 0.805. The normalized spacial score (nSPS) is 11.3. The average Bonchev–Trinajstić information content (AvgIpc) is 2.02. The van der Waals surface area contributed by atoms with E-state index >= 15 is 0 Å². The Morgan fingerprint density at radius 2 is 2.00 bits per heavy atom. The number of aliphatic hydroxyl groups is 1. The summed E-state index contributed by atoms with van der Waals surface area (Å²) in [4.78, 5) is 9.76. The minimum absolute atomic E-state index is 0.316. The van der Waals surface area contributed by atoms with E-state index in [-0.39, 0.29) is 6.23 Å². The molecule has 0 bridgehead atoms. The second-order valence-electron chi connectivity index (χ2n) is 2.46. The van der Waals surface area contributed by atoms with E-state index in [1.54, 1.807) is 14.0 Å². The number of nitrogens with one attached hydrogen (secondary N) is 1. The number of rotatable bonds is 4. The Morgan fingerprint density at radius 3 is 2.08 bits per heavy atom. The molecule has 0 aliphatic rings. The molecule has 3 N–H and O–H groups in total. The van der Waals surface area contributed by atoms with Crippen LogP contribution >= 0.6 is 0 Å². The zero-order valence-electron chi connectivity index (χ0n) is 8.00. The van der Waals surface area contributed by atoms with Crippen LogP contribution in [0.5, 0.6) is 0 Å². The highest BCUT2D eigenvalue weighted by Crippen LogP contribution is 1.91. The largest absolute Gasteiger partial charge is 0.481 e. The molecular weight excluding hydrogens is 158 g/mol. The first-order valence-corrected chi connectivity index (χ1v) is 4.11. The van der Waals surface area contributed by atoms with Crippen LogP contribution in [0.15, 0.2) is 0 Å². The molecular formula is C8H19NO3. The Morgan fingerprint density at radius 1 is 1.58 bits per heavy atom. The summed E-state index contributed by atoms with van der Waals surface area (Å²) in [6, 6.07) is 0. The molecule has 0 radical (unpaired) electrons. The van der Waals surface area contributed by atoms with Crippen molar-refractivity contribution in [2.45, 2.75) is 39.3 Å². The van der Waals surface area contributed by atoms with Crippen molar-refractivity contribution in [1.82, 2.24) is 5.32 Å². The summed E-state index contributed by atoms with van der Waals surface area (Å²) in [7, 11) is 1.70. The van der Waals surface area contributed by atoms with Gasteiger partial charge in [-0.2, -0.15) is 0 Å². The van der Waals surface area contributed by atoms with Gasteiger partial charge >= 0.3 is 5.97 Å². The first kappa shape index (κ1) is 13.9. The van der Waals surface area contributed by atoms with Crippen molar-refractivity contribution in [3.63, 3.8) is 0 Å². The van der Waals surface area contributed by atoms with E-state index in [1.165, 1.54) is 0 Å². The summed E-state index contributed by atoms with van der Waals surface area (Å²) in [5, 5.41) is 18.9. The van der Waals surface area contributed by atoms with Crippen molar-refractivity contribution in [2.24, 2.45) is 0 Å². The molecule has 0 fully saturated rings. The third-order valence-corrected chi connectivity index (χ3v) is 1.16. The van der Waals surface area contributed by atoms with Crippen molar-refractivity contribution < 1.29 is 15.0 Å². The Hall–Kier alpha value is -0.610. The molecule has 0 spiro atoms. The highest BCUT2D eigenvalue weighted by Gasteiger charge is 1.90. The van der Waals surface area contributed by atoms with Gasteiger partial charge < -0.3 is 10.2 Å². The van der Waals surface area contributed by atoms with Crippen molar-refractivity contribution in [1.29, 1.82) is 0 Å². The van der Waals surface area contributed by atoms with Crippen LogP contribution in [0.3, 0.4) is 0 Å². The highest BCUT2D eigenvalue weighted by atomic mass is 16.4. The quantitative estimate of drug-likeness (QED) is 0.556. The minimum Gasteiger partial charge on any atom is -0.481 e. The summed E-state index contributed by atoms with van der Waals surface area (Å²) < 4.78 is 0. The van der Waals surface area contributed by atoms with Crippen LogP contribution in [0, 0.1) is 0 Å². The molecule has 0 aliphatic carbocycles. The molecule has 0 saturated heterocycles. The molecule has 0 heterocycles. The number of carboxylic acid groups (broad SMARTS) is 1. The molecule has 12 heavy (non-hydrogen) atoms. The monoisotopic (exact) mass is 177 g/mol. The van der Waals surface area contributed by atoms with Gasteiger partial charge in [-0.1, -0.05) is 13.3 Å². The van der Waals surface area contributed by atoms with Crippen LogP contribution in [0.4, 0.5) is 0 Å². The number of hydrogen-bond acceptors (Lipinski definition) is 3. The van der Waals surface area contributed by atoms with Gasteiger partial charge in [0.25, 0.3) is 0 Å². The summed E-state index contributed by atoms with van der Waals surface area (Å²) >= 11 is 0.